The van der Waals surface area contributed by atoms with Gasteiger partial charge in [-0.15, -0.1) is 0 Å². The summed E-state index contributed by atoms with van der Waals surface area (Å²) in [5, 5.41) is 12.4. The third-order valence-electron chi connectivity index (χ3n) is 2.93. The zero-order valence-corrected chi connectivity index (χ0v) is 12.7. The van der Waals surface area contributed by atoms with Gasteiger partial charge in [0.1, 0.15) is 30.1 Å². The lowest BCUT2D eigenvalue weighted by atomic mass is 10.2. The quantitative estimate of drug-likeness (QED) is 0.849. The molecule has 0 spiro atoms. The van der Waals surface area contributed by atoms with Crippen molar-refractivity contribution in [2.24, 2.45) is 0 Å². The van der Waals surface area contributed by atoms with Crippen LogP contribution in [0.2, 0.25) is 5.02 Å². The molecule has 0 fully saturated rings. The molecule has 0 saturated carbocycles. The molecule has 0 radical (unpaired) electrons. The molecule has 2 N–H and O–H groups in total. The van der Waals surface area contributed by atoms with Gasteiger partial charge in [0.05, 0.1) is 5.56 Å². The molecular formula is C16H14ClF2NO3. The van der Waals surface area contributed by atoms with E-state index in [2.05, 4.69) is 5.32 Å². The Morgan fingerprint density at radius 2 is 1.91 bits per heavy atom. The van der Waals surface area contributed by atoms with Crippen molar-refractivity contribution >= 4 is 17.5 Å². The predicted molar refractivity (Wildman–Crippen MR) is 81.6 cm³/mol. The highest BCUT2D eigenvalue weighted by atomic mass is 35.5. The second-order valence-corrected chi connectivity index (χ2v) is 5.19. The first-order chi connectivity index (χ1) is 11.0. The molecule has 23 heavy (non-hydrogen) atoms. The number of hydrogen-bond acceptors (Lipinski definition) is 3. The number of hydrogen-bond donors (Lipinski definition) is 2. The van der Waals surface area contributed by atoms with Crippen molar-refractivity contribution < 1.29 is 23.4 Å². The van der Waals surface area contributed by atoms with Crippen molar-refractivity contribution in [3.8, 4) is 5.75 Å². The van der Waals surface area contributed by atoms with E-state index in [1.54, 1.807) is 0 Å². The summed E-state index contributed by atoms with van der Waals surface area (Å²) in [6.07, 6.45) is -1.01. The van der Waals surface area contributed by atoms with Gasteiger partial charge in [-0.25, -0.2) is 8.78 Å². The van der Waals surface area contributed by atoms with Crippen LogP contribution in [0.4, 0.5) is 8.78 Å². The molecule has 1 amide bonds. The molecule has 1 atom stereocenters. The van der Waals surface area contributed by atoms with Crippen LogP contribution in [0.25, 0.3) is 0 Å². The zero-order chi connectivity index (χ0) is 16.8. The first kappa shape index (κ1) is 17.2. The fraction of sp³-hybridized carbons (Fsp3) is 0.188. The molecule has 0 aromatic heterocycles. The summed E-state index contributed by atoms with van der Waals surface area (Å²) < 4.78 is 31.5. The number of halogens is 3. The van der Waals surface area contributed by atoms with Crippen LogP contribution < -0.4 is 10.1 Å². The summed E-state index contributed by atoms with van der Waals surface area (Å²) in [5.41, 5.74) is -0.204. The lowest BCUT2D eigenvalue weighted by Crippen LogP contribution is -2.35. The molecular weight excluding hydrogens is 328 g/mol. The van der Waals surface area contributed by atoms with Crippen LogP contribution in [0.5, 0.6) is 5.75 Å². The second-order valence-electron chi connectivity index (χ2n) is 4.75. The first-order valence-corrected chi connectivity index (χ1v) is 7.13. The van der Waals surface area contributed by atoms with Crippen LogP contribution in [0, 0.1) is 11.6 Å². The minimum atomic E-state index is -1.01. The maximum atomic E-state index is 13.5. The smallest absolute Gasteiger partial charge is 0.254 e. The molecule has 2 aromatic carbocycles. The van der Waals surface area contributed by atoms with Crippen LogP contribution in [-0.2, 0) is 0 Å². The molecule has 0 bridgehead atoms. The van der Waals surface area contributed by atoms with Crippen molar-refractivity contribution in [3.05, 3.63) is 64.7 Å². The van der Waals surface area contributed by atoms with Gasteiger partial charge in [0.2, 0.25) is 0 Å². The Bertz CT molecular complexity index is 680. The molecule has 0 aliphatic heterocycles. The van der Waals surface area contributed by atoms with E-state index in [4.69, 9.17) is 16.3 Å². The van der Waals surface area contributed by atoms with Gasteiger partial charge in [-0.1, -0.05) is 11.6 Å². The molecule has 2 aromatic rings. The lowest BCUT2D eigenvalue weighted by molar-refractivity contribution is 0.0840. The van der Waals surface area contributed by atoms with Gasteiger partial charge in [-0.3, -0.25) is 4.79 Å². The van der Waals surface area contributed by atoms with Crippen LogP contribution >= 0.6 is 11.6 Å². The Balaban J connectivity index is 1.81. The molecule has 2 rings (SSSR count). The maximum Gasteiger partial charge on any atom is 0.254 e. The average molecular weight is 342 g/mol. The number of aliphatic hydroxyl groups excluding tert-OH is 1. The fourth-order valence-corrected chi connectivity index (χ4v) is 1.93. The van der Waals surface area contributed by atoms with E-state index in [0.717, 1.165) is 6.07 Å². The number of ether oxygens (including phenoxy) is 1. The fourth-order valence-electron chi connectivity index (χ4n) is 1.76. The molecule has 0 aliphatic carbocycles. The predicted octanol–water partition coefficient (Wildman–Crippen LogP) is 2.79. The monoisotopic (exact) mass is 341 g/mol. The lowest BCUT2D eigenvalue weighted by Gasteiger charge is -2.13. The molecule has 7 heteroatoms. The van der Waals surface area contributed by atoms with Crippen LogP contribution in [-0.4, -0.2) is 30.3 Å². The molecule has 1 unspecified atom stereocenters. The summed E-state index contributed by atoms with van der Waals surface area (Å²) in [6.45, 7) is -0.240. The molecule has 122 valence electrons. The summed E-state index contributed by atoms with van der Waals surface area (Å²) in [6, 6.07) is 8.92. The van der Waals surface area contributed by atoms with Crippen molar-refractivity contribution in [3.63, 3.8) is 0 Å². The first-order valence-electron chi connectivity index (χ1n) is 6.75. The highest BCUT2D eigenvalue weighted by Crippen LogP contribution is 2.15. The van der Waals surface area contributed by atoms with Crippen molar-refractivity contribution in [1.82, 2.24) is 5.32 Å². The highest BCUT2D eigenvalue weighted by molar-refractivity contribution is 6.30. The third-order valence-corrected chi connectivity index (χ3v) is 3.16. The Morgan fingerprint density at radius 1 is 1.22 bits per heavy atom. The van der Waals surface area contributed by atoms with Gasteiger partial charge < -0.3 is 15.2 Å². The topological polar surface area (TPSA) is 58.6 Å². The molecule has 0 aliphatic rings. The van der Waals surface area contributed by atoms with E-state index >= 15 is 0 Å². The summed E-state index contributed by atoms with van der Waals surface area (Å²) in [5.74, 6) is -1.40. The third kappa shape index (κ3) is 5.19. The van der Waals surface area contributed by atoms with E-state index in [9.17, 15) is 18.7 Å². The number of carbonyl (C=O) groups is 1. The van der Waals surface area contributed by atoms with Gasteiger partial charge in [0.25, 0.3) is 5.91 Å². The number of carbonyl (C=O) groups excluding carboxylic acids is 1. The SMILES string of the molecule is O=C(NCC(O)COc1ccc(F)cc1)c1cc(Cl)ccc1F. The van der Waals surface area contributed by atoms with Crippen LogP contribution in [0.3, 0.4) is 0 Å². The normalized spacial score (nSPS) is 11.8. The van der Waals surface area contributed by atoms with Crippen molar-refractivity contribution in [1.29, 1.82) is 0 Å². The second kappa shape index (κ2) is 7.89. The Hall–Kier alpha value is -2.18. The largest absolute Gasteiger partial charge is 0.491 e. The highest BCUT2D eigenvalue weighted by Gasteiger charge is 2.14. The standard InChI is InChI=1S/C16H14ClF2NO3/c17-10-1-6-15(19)14(7-10)16(22)20-8-12(21)9-23-13-4-2-11(18)3-5-13/h1-7,12,21H,8-9H2,(H,20,22). The number of benzene rings is 2. The van der Waals surface area contributed by atoms with E-state index in [0.29, 0.717) is 5.75 Å². The van der Waals surface area contributed by atoms with E-state index in [1.807, 2.05) is 0 Å². The van der Waals surface area contributed by atoms with Gasteiger partial charge >= 0.3 is 0 Å². The van der Waals surface area contributed by atoms with Gasteiger partial charge in [-0.05, 0) is 42.5 Å². The van der Waals surface area contributed by atoms with Crippen molar-refractivity contribution in [2.45, 2.75) is 6.10 Å². The van der Waals surface area contributed by atoms with Gasteiger partial charge in [0, 0.05) is 11.6 Å². The van der Waals surface area contributed by atoms with Gasteiger partial charge in [0.15, 0.2) is 0 Å². The Morgan fingerprint density at radius 3 is 2.61 bits per heavy atom. The molecule has 4 nitrogen and oxygen atoms in total. The number of rotatable bonds is 6. The number of aliphatic hydroxyl groups is 1. The summed E-state index contributed by atoms with van der Waals surface area (Å²) in [7, 11) is 0. The minimum absolute atomic E-state index is 0.107. The number of amides is 1. The Labute approximate surface area is 136 Å². The molecule has 0 heterocycles. The van der Waals surface area contributed by atoms with E-state index in [-0.39, 0.29) is 23.7 Å². The molecule has 0 saturated heterocycles. The minimum Gasteiger partial charge on any atom is -0.491 e. The van der Waals surface area contributed by atoms with Crippen LogP contribution in [0.15, 0.2) is 42.5 Å². The zero-order valence-electron chi connectivity index (χ0n) is 11.9. The Kier molecular flexibility index (Phi) is 5.90. The van der Waals surface area contributed by atoms with E-state index in [1.165, 1.54) is 36.4 Å². The maximum absolute atomic E-state index is 13.5. The van der Waals surface area contributed by atoms with Crippen LogP contribution in [0.1, 0.15) is 10.4 Å². The average Bonchev–Trinajstić information content (AvgIpc) is 2.54. The van der Waals surface area contributed by atoms with Gasteiger partial charge in [-0.2, -0.15) is 0 Å². The van der Waals surface area contributed by atoms with Crippen molar-refractivity contribution in [2.75, 3.05) is 13.2 Å². The number of nitrogens with one attached hydrogen (secondary N) is 1. The van der Waals surface area contributed by atoms with E-state index < -0.39 is 23.6 Å². The summed E-state index contributed by atoms with van der Waals surface area (Å²) >= 11 is 5.71. The summed E-state index contributed by atoms with van der Waals surface area (Å²) in [4.78, 5) is 11.8.